The monoisotopic (exact) mass is 244 g/mol. The summed E-state index contributed by atoms with van der Waals surface area (Å²) in [6, 6.07) is 8.60. The van der Waals surface area contributed by atoms with Gasteiger partial charge in [0.1, 0.15) is 12.7 Å². The van der Waals surface area contributed by atoms with Crippen LogP contribution < -0.4 is 5.32 Å². The van der Waals surface area contributed by atoms with E-state index >= 15 is 0 Å². The van der Waals surface area contributed by atoms with Gasteiger partial charge in [0, 0.05) is 6.04 Å². The molecule has 4 heteroatoms. The highest BCUT2D eigenvalue weighted by molar-refractivity contribution is 5.60. The van der Waals surface area contributed by atoms with Crippen molar-refractivity contribution in [1.82, 2.24) is 14.8 Å². The molecule has 0 spiro atoms. The maximum atomic E-state index is 4.18. The predicted octanol–water partition coefficient (Wildman–Crippen LogP) is 3.11. The van der Waals surface area contributed by atoms with Gasteiger partial charge >= 0.3 is 0 Å². The average Bonchev–Trinajstić information content (AvgIpc) is 2.81. The number of hydrogen-bond donors (Lipinski definition) is 1. The van der Waals surface area contributed by atoms with Crippen LogP contribution in [0.15, 0.2) is 36.9 Å². The molecule has 0 aliphatic carbocycles. The number of rotatable bonds is 5. The van der Waals surface area contributed by atoms with Crippen molar-refractivity contribution < 1.29 is 0 Å². The Bertz CT molecular complexity index is 476. The van der Waals surface area contributed by atoms with Gasteiger partial charge in [0.15, 0.2) is 0 Å². The molecule has 4 nitrogen and oxygen atoms in total. The van der Waals surface area contributed by atoms with Crippen molar-refractivity contribution in [3.63, 3.8) is 0 Å². The summed E-state index contributed by atoms with van der Waals surface area (Å²) in [5, 5.41) is 7.72. The summed E-state index contributed by atoms with van der Waals surface area (Å²) in [5.74, 6) is 0.686. The van der Waals surface area contributed by atoms with Gasteiger partial charge in [-0.3, -0.25) is 0 Å². The molecule has 2 rings (SSSR count). The van der Waals surface area contributed by atoms with Gasteiger partial charge in [0.05, 0.1) is 11.4 Å². The highest BCUT2D eigenvalue weighted by Crippen LogP contribution is 2.20. The molecule has 1 unspecified atom stereocenters. The van der Waals surface area contributed by atoms with Gasteiger partial charge in [-0.05, 0) is 31.4 Å². The number of benzene rings is 1. The first kappa shape index (κ1) is 12.6. The summed E-state index contributed by atoms with van der Waals surface area (Å²) >= 11 is 0. The van der Waals surface area contributed by atoms with Crippen molar-refractivity contribution in [2.24, 2.45) is 5.92 Å². The minimum absolute atomic E-state index is 0.440. The molecule has 1 heterocycles. The van der Waals surface area contributed by atoms with Crippen LogP contribution in [0, 0.1) is 5.92 Å². The van der Waals surface area contributed by atoms with Gasteiger partial charge in [0.2, 0.25) is 0 Å². The SMILES string of the molecule is CC(C)CC(C)Nc1ccccc1-n1cncn1. The van der Waals surface area contributed by atoms with Crippen LogP contribution in [-0.4, -0.2) is 20.8 Å². The topological polar surface area (TPSA) is 42.7 Å². The van der Waals surface area contributed by atoms with E-state index in [-0.39, 0.29) is 0 Å². The Morgan fingerprint density at radius 1 is 1.22 bits per heavy atom. The van der Waals surface area contributed by atoms with Crippen LogP contribution >= 0.6 is 0 Å². The van der Waals surface area contributed by atoms with Gasteiger partial charge in [0.25, 0.3) is 0 Å². The molecule has 0 saturated heterocycles. The lowest BCUT2D eigenvalue weighted by atomic mass is 10.0. The van der Waals surface area contributed by atoms with Crippen molar-refractivity contribution in [3.05, 3.63) is 36.9 Å². The quantitative estimate of drug-likeness (QED) is 0.878. The van der Waals surface area contributed by atoms with Crippen molar-refractivity contribution in [3.8, 4) is 5.69 Å². The fourth-order valence-electron chi connectivity index (χ4n) is 2.16. The van der Waals surface area contributed by atoms with Crippen LogP contribution in [0.25, 0.3) is 5.69 Å². The molecule has 1 aromatic carbocycles. The number of hydrogen-bond acceptors (Lipinski definition) is 3. The molecule has 1 N–H and O–H groups in total. The lowest BCUT2D eigenvalue weighted by molar-refractivity contribution is 0.539. The van der Waals surface area contributed by atoms with Crippen LogP contribution in [-0.2, 0) is 0 Å². The Hall–Kier alpha value is -1.84. The molecular weight excluding hydrogens is 224 g/mol. The van der Waals surface area contributed by atoms with Gasteiger partial charge in [-0.2, -0.15) is 5.10 Å². The highest BCUT2D eigenvalue weighted by atomic mass is 15.3. The second kappa shape index (κ2) is 5.67. The van der Waals surface area contributed by atoms with Crippen LogP contribution in [0.1, 0.15) is 27.2 Å². The van der Waals surface area contributed by atoms with Crippen LogP contribution in [0.4, 0.5) is 5.69 Å². The molecule has 0 bridgehead atoms. The zero-order chi connectivity index (χ0) is 13.0. The second-order valence-electron chi connectivity index (χ2n) is 5.03. The minimum Gasteiger partial charge on any atom is -0.381 e. The van der Waals surface area contributed by atoms with Crippen LogP contribution in [0.5, 0.6) is 0 Å². The number of para-hydroxylation sites is 2. The second-order valence-corrected chi connectivity index (χ2v) is 5.03. The van der Waals surface area contributed by atoms with Crippen LogP contribution in [0.3, 0.4) is 0 Å². The molecule has 0 saturated carbocycles. The van der Waals surface area contributed by atoms with Crippen molar-refractivity contribution in [2.75, 3.05) is 5.32 Å². The third-order valence-corrected chi connectivity index (χ3v) is 2.80. The number of aromatic nitrogens is 3. The standard InChI is InChI=1S/C14H20N4/c1-11(2)8-12(3)17-13-6-4-5-7-14(13)18-10-15-9-16-18/h4-7,9-12,17H,8H2,1-3H3. The normalized spacial score (nSPS) is 12.7. The molecule has 0 amide bonds. The average molecular weight is 244 g/mol. The van der Waals surface area contributed by atoms with E-state index in [2.05, 4.69) is 42.2 Å². The van der Waals surface area contributed by atoms with Crippen molar-refractivity contribution >= 4 is 5.69 Å². The van der Waals surface area contributed by atoms with Gasteiger partial charge in [-0.25, -0.2) is 9.67 Å². The van der Waals surface area contributed by atoms with Gasteiger partial charge < -0.3 is 5.32 Å². The summed E-state index contributed by atoms with van der Waals surface area (Å²) in [6.45, 7) is 6.68. The maximum Gasteiger partial charge on any atom is 0.138 e. The molecular formula is C14H20N4. The van der Waals surface area contributed by atoms with E-state index in [1.54, 1.807) is 17.3 Å². The summed E-state index contributed by atoms with van der Waals surface area (Å²) in [4.78, 5) is 3.99. The number of anilines is 1. The zero-order valence-corrected chi connectivity index (χ0v) is 11.2. The smallest absolute Gasteiger partial charge is 0.138 e. The van der Waals surface area contributed by atoms with E-state index in [0.29, 0.717) is 12.0 Å². The Balaban J connectivity index is 2.18. The molecule has 1 aromatic heterocycles. The molecule has 96 valence electrons. The van der Waals surface area contributed by atoms with Gasteiger partial charge in [-0.15, -0.1) is 0 Å². The number of nitrogens with one attached hydrogen (secondary N) is 1. The molecule has 0 aliphatic rings. The van der Waals surface area contributed by atoms with Crippen molar-refractivity contribution in [2.45, 2.75) is 33.2 Å². The third-order valence-electron chi connectivity index (χ3n) is 2.80. The molecule has 1 atom stereocenters. The highest BCUT2D eigenvalue weighted by Gasteiger charge is 2.09. The van der Waals surface area contributed by atoms with E-state index in [1.807, 2.05) is 18.2 Å². The Morgan fingerprint density at radius 2 is 2.00 bits per heavy atom. The van der Waals surface area contributed by atoms with E-state index < -0.39 is 0 Å². The van der Waals surface area contributed by atoms with E-state index in [0.717, 1.165) is 17.8 Å². The summed E-state index contributed by atoms with van der Waals surface area (Å²) < 4.78 is 1.78. The maximum absolute atomic E-state index is 4.18. The fourth-order valence-corrected chi connectivity index (χ4v) is 2.16. The Kier molecular flexibility index (Phi) is 3.97. The van der Waals surface area contributed by atoms with E-state index in [1.165, 1.54) is 0 Å². The first-order valence-electron chi connectivity index (χ1n) is 6.37. The Labute approximate surface area is 108 Å². The van der Waals surface area contributed by atoms with Crippen LogP contribution in [0.2, 0.25) is 0 Å². The molecule has 0 aliphatic heterocycles. The molecule has 2 aromatic rings. The third kappa shape index (κ3) is 3.09. The first-order valence-corrected chi connectivity index (χ1v) is 6.37. The lowest BCUT2D eigenvalue weighted by Gasteiger charge is -2.19. The van der Waals surface area contributed by atoms with Gasteiger partial charge in [-0.1, -0.05) is 26.0 Å². The summed E-state index contributed by atoms with van der Waals surface area (Å²) in [7, 11) is 0. The predicted molar refractivity (Wildman–Crippen MR) is 73.9 cm³/mol. The lowest BCUT2D eigenvalue weighted by Crippen LogP contribution is -2.18. The van der Waals surface area contributed by atoms with E-state index in [4.69, 9.17) is 0 Å². The summed E-state index contributed by atoms with van der Waals surface area (Å²) in [6.07, 6.45) is 4.41. The Morgan fingerprint density at radius 3 is 2.67 bits per heavy atom. The van der Waals surface area contributed by atoms with E-state index in [9.17, 15) is 0 Å². The number of nitrogens with zero attached hydrogens (tertiary/aromatic N) is 3. The molecule has 0 radical (unpaired) electrons. The fraction of sp³-hybridized carbons (Fsp3) is 0.429. The molecule has 18 heavy (non-hydrogen) atoms. The molecule has 0 fully saturated rings. The largest absolute Gasteiger partial charge is 0.381 e. The minimum atomic E-state index is 0.440. The first-order chi connectivity index (χ1) is 8.66. The summed E-state index contributed by atoms with van der Waals surface area (Å²) in [5.41, 5.74) is 2.13. The van der Waals surface area contributed by atoms with Crippen molar-refractivity contribution in [1.29, 1.82) is 0 Å². The zero-order valence-electron chi connectivity index (χ0n) is 11.2.